The highest BCUT2D eigenvalue weighted by molar-refractivity contribution is 8.00. The number of carbonyl (C=O) groups excluding carboxylic acids is 1. The number of ether oxygens (including phenoxy) is 1. The molecule has 0 unspecified atom stereocenters. The minimum atomic E-state index is -0.458. The van der Waals surface area contributed by atoms with Crippen molar-refractivity contribution < 1.29 is 9.53 Å². The lowest BCUT2D eigenvalue weighted by Gasteiger charge is -2.15. The molecule has 0 amide bonds. The average molecular weight is 415 g/mol. The smallest absolute Gasteiger partial charge is 0.318 e. The summed E-state index contributed by atoms with van der Waals surface area (Å²) in [6.07, 6.45) is 4.22. The fourth-order valence-corrected chi connectivity index (χ4v) is 5.89. The predicted molar refractivity (Wildman–Crippen MR) is 114 cm³/mol. The van der Waals surface area contributed by atoms with Gasteiger partial charge >= 0.3 is 5.97 Å². The fraction of sp³-hybridized carbons (Fsp3) is 0.381. The maximum Gasteiger partial charge on any atom is 0.318 e. The second kappa shape index (κ2) is 7.72. The van der Waals surface area contributed by atoms with Crippen LogP contribution in [0.3, 0.4) is 0 Å². The third-order valence-corrected chi connectivity index (χ3v) is 7.25. The molecule has 1 aliphatic carbocycles. The zero-order valence-electron chi connectivity index (χ0n) is 16.2. The molecule has 2 aromatic heterocycles. The Morgan fingerprint density at radius 1 is 1.32 bits per heavy atom. The monoisotopic (exact) mass is 414 g/mol. The number of hydrogen-bond donors (Lipinski definition) is 0. The van der Waals surface area contributed by atoms with E-state index in [0.29, 0.717) is 5.16 Å². The highest BCUT2D eigenvalue weighted by Gasteiger charge is 2.25. The van der Waals surface area contributed by atoms with Crippen molar-refractivity contribution in [3.63, 3.8) is 0 Å². The summed E-state index contributed by atoms with van der Waals surface area (Å²) in [7, 11) is 1.37. The Bertz CT molecular complexity index is 1120. The molecule has 5 nitrogen and oxygen atoms in total. The van der Waals surface area contributed by atoms with Gasteiger partial charge in [0.25, 0.3) is 5.56 Å². The van der Waals surface area contributed by atoms with Crippen LogP contribution >= 0.6 is 23.1 Å². The highest BCUT2D eigenvalue weighted by Crippen LogP contribution is 2.35. The topological polar surface area (TPSA) is 61.2 Å². The van der Waals surface area contributed by atoms with Gasteiger partial charge in [-0.15, -0.1) is 11.3 Å². The molecule has 0 saturated carbocycles. The van der Waals surface area contributed by atoms with Crippen molar-refractivity contribution in [1.82, 2.24) is 9.55 Å². The number of fused-ring (bicyclic) bond motifs is 3. The van der Waals surface area contributed by atoms with Gasteiger partial charge < -0.3 is 4.74 Å². The number of thiophene rings is 1. The number of thioether (sulfide) groups is 1. The SMILES string of the molecule is COC(=O)[C@H](C)Sc1nc2sc3c(c2c(=O)n1-c1cccc(C)c1)CCCC3. The molecule has 0 radical (unpaired) electrons. The van der Waals surface area contributed by atoms with Crippen molar-refractivity contribution in [2.24, 2.45) is 0 Å². The molecule has 0 spiro atoms. The summed E-state index contributed by atoms with van der Waals surface area (Å²) in [4.78, 5) is 32.5. The number of nitrogens with zero attached hydrogens (tertiary/aromatic N) is 2. The van der Waals surface area contributed by atoms with Crippen LogP contribution in [0.15, 0.2) is 34.2 Å². The lowest BCUT2D eigenvalue weighted by Crippen LogP contribution is -2.24. The van der Waals surface area contributed by atoms with Crippen molar-refractivity contribution in [3.8, 4) is 5.69 Å². The maximum absolute atomic E-state index is 13.6. The van der Waals surface area contributed by atoms with Crippen LogP contribution in [0.5, 0.6) is 0 Å². The van der Waals surface area contributed by atoms with E-state index >= 15 is 0 Å². The van der Waals surface area contributed by atoms with E-state index in [1.54, 1.807) is 22.8 Å². The first kappa shape index (κ1) is 19.2. The van der Waals surface area contributed by atoms with Crippen LogP contribution in [-0.2, 0) is 22.4 Å². The van der Waals surface area contributed by atoms with E-state index in [4.69, 9.17) is 9.72 Å². The molecule has 0 fully saturated rings. The molecule has 28 heavy (non-hydrogen) atoms. The Labute approximate surface area is 171 Å². The van der Waals surface area contributed by atoms with Crippen LogP contribution in [0.1, 0.15) is 35.8 Å². The predicted octanol–water partition coefficient (Wildman–Crippen LogP) is 4.29. The van der Waals surface area contributed by atoms with E-state index < -0.39 is 5.25 Å². The summed E-state index contributed by atoms with van der Waals surface area (Å²) >= 11 is 2.88. The number of carbonyl (C=O) groups is 1. The van der Waals surface area contributed by atoms with Gasteiger partial charge in [0, 0.05) is 4.88 Å². The standard InChI is InChI=1S/C21H22N2O3S2/c1-12-7-6-8-14(11-12)23-19(24)17-15-9-4-5-10-16(15)28-18(17)22-21(23)27-13(2)20(25)26-3/h6-8,11,13H,4-5,9-10H2,1-3H3/t13-/m0/s1. The summed E-state index contributed by atoms with van der Waals surface area (Å²) < 4.78 is 6.51. The molecule has 4 rings (SSSR count). The van der Waals surface area contributed by atoms with Gasteiger partial charge in [0.1, 0.15) is 10.1 Å². The zero-order valence-corrected chi connectivity index (χ0v) is 17.8. The summed E-state index contributed by atoms with van der Waals surface area (Å²) in [6, 6.07) is 7.81. The van der Waals surface area contributed by atoms with Gasteiger partial charge in [0.15, 0.2) is 5.16 Å². The number of esters is 1. The molecular formula is C21H22N2O3S2. The molecule has 0 aliphatic heterocycles. The minimum Gasteiger partial charge on any atom is -0.468 e. The number of benzene rings is 1. The van der Waals surface area contributed by atoms with E-state index in [-0.39, 0.29) is 11.5 Å². The van der Waals surface area contributed by atoms with E-state index in [2.05, 4.69) is 0 Å². The largest absolute Gasteiger partial charge is 0.468 e. The van der Waals surface area contributed by atoms with Gasteiger partial charge in [-0.3, -0.25) is 14.2 Å². The molecule has 1 aliphatic rings. The van der Waals surface area contributed by atoms with Crippen LogP contribution in [0.2, 0.25) is 0 Å². The molecular weight excluding hydrogens is 392 g/mol. The number of aromatic nitrogens is 2. The van der Waals surface area contributed by atoms with Crippen LogP contribution in [0.25, 0.3) is 15.9 Å². The van der Waals surface area contributed by atoms with Crippen LogP contribution in [-0.4, -0.2) is 27.9 Å². The average Bonchev–Trinajstić information content (AvgIpc) is 3.05. The normalized spacial score (nSPS) is 14.7. The van der Waals surface area contributed by atoms with Gasteiger partial charge in [0.2, 0.25) is 0 Å². The summed E-state index contributed by atoms with van der Waals surface area (Å²) in [5.41, 5.74) is 2.96. The Morgan fingerprint density at radius 3 is 2.86 bits per heavy atom. The van der Waals surface area contributed by atoms with Gasteiger partial charge in [-0.25, -0.2) is 4.98 Å². The Kier molecular flexibility index (Phi) is 5.29. The van der Waals surface area contributed by atoms with Crippen LogP contribution in [0.4, 0.5) is 0 Å². The van der Waals surface area contributed by atoms with E-state index in [1.807, 2.05) is 31.2 Å². The van der Waals surface area contributed by atoms with E-state index in [0.717, 1.165) is 47.2 Å². The van der Waals surface area contributed by atoms with Crippen molar-refractivity contribution in [2.75, 3.05) is 7.11 Å². The first-order valence-electron chi connectivity index (χ1n) is 9.38. The summed E-state index contributed by atoms with van der Waals surface area (Å²) in [5, 5.41) is 0.816. The van der Waals surface area contributed by atoms with Crippen molar-refractivity contribution in [1.29, 1.82) is 0 Å². The third kappa shape index (κ3) is 3.37. The first-order valence-corrected chi connectivity index (χ1v) is 11.1. The molecule has 0 bridgehead atoms. The number of rotatable bonds is 4. The van der Waals surface area contributed by atoms with Gasteiger partial charge in [-0.05, 0) is 62.8 Å². The highest BCUT2D eigenvalue weighted by atomic mass is 32.2. The molecule has 2 heterocycles. The van der Waals surface area contributed by atoms with Gasteiger partial charge in [0.05, 0.1) is 18.2 Å². The van der Waals surface area contributed by atoms with Crippen molar-refractivity contribution in [3.05, 3.63) is 50.6 Å². The third-order valence-electron chi connectivity index (χ3n) is 5.03. The Balaban J connectivity index is 1.96. The van der Waals surface area contributed by atoms with Crippen LogP contribution < -0.4 is 5.56 Å². The van der Waals surface area contributed by atoms with Gasteiger partial charge in [-0.1, -0.05) is 23.9 Å². The van der Waals surface area contributed by atoms with Crippen molar-refractivity contribution >= 4 is 39.3 Å². The maximum atomic E-state index is 13.6. The molecule has 1 aromatic carbocycles. The first-order chi connectivity index (χ1) is 13.5. The van der Waals surface area contributed by atoms with Gasteiger partial charge in [-0.2, -0.15) is 0 Å². The Morgan fingerprint density at radius 2 is 2.11 bits per heavy atom. The lowest BCUT2D eigenvalue weighted by atomic mass is 9.97. The lowest BCUT2D eigenvalue weighted by molar-refractivity contribution is -0.139. The van der Waals surface area contributed by atoms with E-state index in [9.17, 15) is 9.59 Å². The summed E-state index contributed by atoms with van der Waals surface area (Å²) in [6.45, 7) is 3.77. The minimum absolute atomic E-state index is 0.0467. The fourth-order valence-electron chi connectivity index (χ4n) is 3.63. The second-order valence-electron chi connectivity index (χ2n) is 7.05. The zero-order chi connectivity index (χ0) is 19.8. The Hall–Kier alpha value is -2.12. The molecule has 146 valence electrons. The van der Waals surface area contributed by atoms with Crippen molar-refractivity contribution in [2.45, 2.75) is 49.9 Å². The molecule has 0 saturated heterocycles. The molecule has 1 atom stereocenters. The quantitative estimate of drug-likeness (QED) is 0.362. The number of hydrogen-bond acceptors (Lipinski definition) is 6. The molecule has 3 aromatic rings. The molecule has 7 heteroatoms. The van der Waals surface area contributed by atoms with E-state index in [1.165, 1.54) is 29.3 Å². The number of methoxy groups -OCH3 is 1. The van der Waals surface area contributed by atoms with Crippen LogP contribution in [0, 0.1) is 6.92 Å². The second-order valence-corrected chi connectivity index (χ2v) is 9.44. The summed E-state index contributed by atoms with van der Waals surface area (Å²) in [5.74, 6) is -0.333. The molecule has 0 N–H and O–H groups in total. The number of aryl methyl sites for hydroxylation is 3.